The lowest BCUT2D eigenvalue weighted by molar-refractivity contribution is 0.319. The average molecular weight is 743 g/mol. The molecule has 2 aliphatic rings. The zero-order chi connectivity index (χ0) is 38.2. The van der Waals surface area contributed by atoms with E-state index in [9.17, 15) is 0 Å². The van der Waals surface area contributed by atoms with Crippen LogP contribution in [0.25, 0.3) is 88.6 Å². The van der Waals surface area contributed by atoms with E-state index >= 15 is 0 Å². The predicted molar refractivity (Wildman–Crippen MR) is 228 cm³/mol. The van der Waals surface area contributed by atoms with Gasteiger partial charge < -0.3 is 28.9 Å². The Labute approximate surface area is 326 Å². The number of aromatic nitrogens is 4. The van der Waals surface area contributed by atoms with Crippen LogP contribution in [0.5, 0.6) is 23.0 Å². The van der Waals surface area contributed by atoms with Crippen LogP contribution in [-0.2, 0) is 0 Å². The van der Waals surface area contributed by atoms with Gasteiger partial charge in [0.05, 0.1) is 71.4 Å². The van der Waals surface area contributed by atoms with Gasteiger partial charge in [0, 0.05) is 43.7 Å². The molecule has 0 amide bonds. The number of ether oxygens (including phenoxy) is 4. The zero-order valence-electron chi connectivity index (χ0n) is 32.4. The Kier molecular flexibility index (Phi) is 9.55. The SMILES string of the molecule is CCCOc1cccc2c1-c1cc3[nH]c(cc4nc(cc5[nH]c(cc-2n1)c1c(OCCC)cccc51)-c1c(OCCC)cccc1-4)c1c(OCCC)cccc31. The molecule has 2 aliphatic heterocycles. The van der Waals surface area contributed by atoms with E-state index in [1.165, 1.54) is 0 Å². The lowest BCUT2D eigenvalue weighted by atomic mass is 10.0. The second-order valence-electron chi connectivity index (χ2n) is 14.4. The van der Waals surface area contributed by atoms with Crippen LogP contribution < -0.4 is 18.9 Å². The topological polar surface area (TPSA) is 94.3 Å². The Morgan fingerprint density at radius 2 is 0.768 bits per heavy atom. The van der Waals surface area contributed by atoms with Crippen molar-refractivity contribution in [2.45, 2.75) is 53.4 Å². The summed E-state index contributed by atoms with van der Waals surface area (Å²) in [6.07, 6.45) is 3.60. The maximum Gasteiger partial charge on any atom is 0.129 e. The quantitative estimate of drug-likeness (QED) is 0.129. The van der Waals surface area contributed by atoms with Crippen molar-refractivity contribution in [1.29, 1.82) is 0 Å². The van der Waals surface area contributed by atoms with Crippen LogP contribution in [0.2, 0.25) is 0 Å². The van der Waals surface area contributed by atoms with Crippen molar-refractivity contribution in [3.8, 4) is 68.0 Å². The summed E-state index contributed by atoms with van der Waals surface area (Å²) >= 11 is 0. The lowest BCUT2D eigenvalue weighted by Gasteiger charge is -2.10. The van der Waals surface area contributed by atoms with E-state index < -0.39 is 0 Å². The number of nitrogens with zero attached hydrogens (tertiary/aromatic N) is 2. The number of nitrogens with one attached hydrogen (secondary N) is 2. The molecule has 8 nitrogen and oxygen atoms in total. The fraction of sp³-hybridized carbons (Fsp3) is 0.250. The molecule has 0 radical (unpaired) electrons. The minimum atomic E-state index is 0.609. The highest BCUT2D eigenvalue weighted by Crippen LogP contribution is 2.46. The summed E-state index contributed by atoms with van der Waals surface area (Å²) in [5, 5.41) is 4.08. The Morgan fingerprint density at radius 1 is 0.411 bits per heavy atom. The van der Waals surface area contributed by atoms with E-state index in [4.69, 9.17) is 28.9 Å². The smallest absolute Gasteiger partial charge is 0.129 e. The van der Waals surface area contributed by atoms with Crippen molar-refractivity contribution in [3.63, 3.8) is 0 Å². The third-order valence-electron chi connectivity index (χ3n) is 10.3. The number of benzene rings is 4. The monoisotopic (exact) mass is 742 g/mol. The van der Waals surface area contributed by atoms with Crippen LogP contribution in [0.1, 0.15) is 53.4 Å². The van der Waals surface area contributed by atoms with Gasteiger partial charge >= 0.3 is 0 Å². The third kappa shape index (κ3) is 6.19. The Balaban J connectivity index is 1.46. The molecule has 0 saturated carbocycles. The number of H-pyrrole nitrogens is 2. The van der Waals surface area contributed by atoms with Crippen molar-refractivity contribution < 1.29 is 18.9 Å². The number of hydrogen-bond acceptors (Lipinski definition) is 6. The molecule has 2 N–H and O–H groups in total. The summed E-state index contributed by atoms with van der Waals surface area (Å²) in [5.41, 5.74) is 10.9. The first-order valence-electron chi connectivity index (χ1n) is 20.0. The first-order chi connectivity index (χ1) is 27.6. The van der Waals surface area contributed by atoms with Crippen LogP contribution in [-0.4, -0.2) is 46.4 Å². The predicted octanol–water partition coefficient (Wildman–Crippen LogP) is 12.4. The van der Waals surface area contributed by atoms with Gasteiger partial charge in [-0.05, 0) is 74.2 Å². The summed E-state index contributed by atoms with van der Waals surface area (Å²) in [6.45, 7) is 10.9. The van der Waals surface area contributed by atoms with Crippen LogP contribution in [0.4, 0.5) is 0 Å². The molecule has 56 heavy (non-hydrogen) atoms. The molecule has 4 aromatic carbocycles. The van der Waals surface area contributed by atoms with Crippen LogP contribution in [0, 0.1) is 0 Å². The van der Waals surface area contributed by atoms with Crippen molar-refractivity contribution in [2.24, 2.45) is 0 Å². The maximum atomic E-state index is 6.40. The largest absolute Gasteiger partial charge is 0.493 e. The van der Waals surface area contributed by atoms with Gasteiger partial charge in [0.1, 0.15) is 23.0 Å². The van der Waals surface area contributed by atoms with Gasteiger partial charge in [-0.2, -0.15) is 0 Å². The van der Waals surface area contributed by atoms with Crippen molar-refractivity contribution >= 4 is 43.6 Å². The standard InChI is InChI=1S/C48H46N4O4/c1-5-21-53-41-17-9-13-29-33-26-38-47-31(15-11-19-43(47)55-23-7-3)35(51-38)28-40-48-32(16-12-20-44(48)56-24-8-4)36(52-40)27-39-46-30(14-10-18-42(46)54-22-6-2)34(50-39)25-37(49-33)45(29)41/h9-20,25-28,49,52H,5-8,21-24H2,1-4H3. The molecule has 8 heteroatoms. The van der Waals surface area contributed by atoms with E-state index in [0.717, 1.165) is 137 Å². The van der Waals surface area contributed by atoms with Gasteiger partial charge in [-0.15, -0.1) is 0 Å². The first kappa shape index (κ1) is 35.4. The molecular formula is C48H46N4O4. The van der Waals surface area contributed by atoms with Crippen molar-refractivity contribution in [2.75, 3.05) is 26.4 Å². The summed E-state index contributed by atoms with van der Waals surface area (Å²) in [5.74, 6) is 3.28. The Bertz CT molecular complexity index is 2590. The van der Waals surface area contributed by atoms with Gasteiger partial charge in [-0.25, -0.2) is 9.97 Å². The highest BCUT2D eigenvalue weighted by molar-refractivity contribution is 6.13. The average Bonchev–Trinajstić information content (AvgIpc) is 3.96. The van der Waals surface area contributed by atoms with Gasteiger partial charge in [0.2, 0.25) is 0 Å². The van der Waals surface area contributed by atoms with Gasteiger partial charge in [0.15, 0.2) is 0 Å². The van der Waals surface area contributed by atoms with E-state index in [0.29, 0.717) is 26.4 Å². The first-order valence-corrected chi connectivity index (χ1v) is 20.0. The minimum absolute atomic E-state index is 0.609. The van der Waals surface area contributed by atoms with Gasteiger partial charge in [-0.1, -0.05) is 76.2 Å². The molecule has 0 atom stereocenters. The number of fused-ring (bicyclic) bond motifs is 20. The zero-order valence-corrected chi connectivity index (χ0v) is 32.4. The summed E-state index contributed by atoms with van der Waals surface area (Å²) < 4.78 is 25.6. The number of hydrogen-bond donors (Lipinski definition) is 2. The minimum Gasteiger partial charge on any atom is -0.493 e. The Hall–Kier alpha value is -6.28. The fourth-order valence-electron chi connectivity index (χ4n) is 7.88. The third-order valence-corrected chi connectivity index (χ3v) is 10.3. The van der Waals surface area contributed by atoms with Crippen LogP contribution >= 0.6 is 0 Å². The molecule has 5 heterocycles. The molecule has 282 valence electrons. The second-order valence-corrected chi connectivity index (χ2v) is 14.4. The summed E-state index contributed by atoms with van der Waals surface area (Å²) in [4.78, 5) is 18.3. The molecular weight excluding hydrogens is 697 g/mol. The summed E-state index contributed by atoms with van der Waals surface area (Å²) in [6, 6.07) is 33.5. The molecule has 0 unspecified atom stereocenters. The molecule has 0 fully saturated rings. The molecule has 0 saturated heterocycles. The molecule has 7 aromatic rings. The van der Waals surface area contributed by atoms with E-state index in [-0.39, 0.29) is 0 Å². The highest BCUT2D eigenvalue weighted by atomic mass is 16.5. The molecule has 9 rings (SSSR count). The van der Waals surface area contributed by atoms with Gasteiger partial charge in [-0.3, -0.25) is 0 Å². The highest BCUT2D eigenvalue weighted by Gasteiger charge is 2.25. The fourth-order valence-corrected chi connectivity index (χ4v) is 7.88. The van der Waals surface area contributed by atoms with E-state index in [1.54, 1.807) is 0 Å². The second kappa shape index (κ2) is 15.1. The summed E-state index contributed by atoms with van der Waals surface area (Å²) in [7, 11) is 0. The van der Waals surface area contributed by atoms with Crippen molar-refractivity contribution in [3.05, 3.63) is 97.1 Å². The van der Waals surface area contributed by atoms with E-state index in [2.05, 4.69) is 110 Å². The van der Waals surface area contributed by atoms with E-state index in [1.807, 2.05) is 24.3 Å². The maximum absolute atomic E-state index is 6.40. The molecule has 3 aromatic heterocycles. The molecule has 0 aliphatic carbocycles. The molecule has 0 spiro atoms. The molecule has 8 bridgehead atoms. The lowest BCUT2D eigenvalue weighted by Crippen LogP contribution is -1.96. The number of aromatic amines is 2. The number of rotatable bonds is 12. The Morgan fingerprint density at radius 3 is 1.18 bits per heavy atom. The van der Waals surface area contributed by atoms with Crippen LogP contribution in [0.3, 0.4) is 0 Å². The van der Waals surface area contributed by atoms with Crippen molar-refractivity contribution in [1.82, 2.24) is 19.9 Å². The van der Waals surface area contributed by atoms with Crippen LogP contribution in [0.15, 0.2) is 97.1 Å². The van der Waals surface area contributed by atoms with Gasteiger partial charge in [0.25, 0.3) is 0 Å². The normalized spacial score (nSPS) is 11.8.